The van der Waals surface area contributed by atoms with Crippen molar-refractivity contribution in [3.63, 3.8) is 0 Å². The fourth-order valence-electron chi connectivity index (χ4n) is 1.06. The molecule has 4 heteroatoms. The zero-order chi connectivity index (χ0) is 6.69. The number of hydrogen-bond acceptors (Lipinski definition) is 2. The van der Waals surface area contributed by atoms with Crippen LogP contribution in [-0.2, 0) is 4.74 Å². The van der Waals surface area contributed by atoms with Crippen LogP contribution in [0.25, 0.3) is 0 Å². The van der Waals surface area contributed by atoms with Crippen molar-refractivity contribution in [3.05, 3.63) is 0 Å². The summed E-state index contributed by atoms with van der Waals surface area (Å²) < 4.78 is 17.5. The third-order valence-corrected chi connectivity index (χ3v) is 1.65. The van der Waals surface area contributed by atoms with Gasteiger partial charge in [0.2, 0.25) is 0 Å². The van der Waals surface area contributed by atoms with Gasteiger partial charge in [-0.15, -0.1) is 12.4 Å². The molecular weight excluding hydrogens is 157 g/mol. The van der Waals surface area contributed by atoms with E-state index in [9.17, 15) is 4.39 Å². The number of rotatable bonds is 1. The number of nitrogens with one attached hydrogen (secondary N) is 1. The van der Waals surface area contributed by atoms with Gasteiger partial charge in [-0.1, -0.05) is 0 Å². The molecule has 10 heavy (non-hydrogen) atoms. The van der Waals surface area contributed by atoms with E-state index >= 15 is 0 Å². The second kappa shape index (κ2) is 4.88. The van der Waals surface area contributed by atoms with Crippen molar-refractivity contribution in [1.29, 1.82) is 0 Å². The maximum absolute atomic E-state index is 12.7. The van der Waals surface area contributed by atoms with Crippen molar-refractivity contribution in [2.24, 2.45) is 0 Å². The lowest BCUT2D eigenvalue weighted by Gasteiger charge is -2.24. The molecule has 1 heterocycles. The molecule has 2 unspecified atom stereocenters. The maximum atomic E-state index is 12.7. The average Bonchev–Trinajstić information content (AvgIpc) is 1.89. The number of halogens is 2. The van der Waals surface area contributed by atoms with Gasteiger partial charge in [-0.2, -0.15) is 0 Å². The van der Waals surface area contributed by atoms with Gasteiger partial charge in [0.15, 0.2) is 0 Å². The van der Waals surface area contributed by atoms with Crippen molar-refractivity contribution in [3.8, 4) is 0 Å². The van der Waals surface area contributed by atoms with Crippen molar-refractivity contribution >= 4 is 12.4 Å². The molecule has 0 spiro atoms. The van der Waals surface area contributed by atoms with Gasteiger partial charge in [-0.05, 0) is 13.0 Å². The summed E-state index contributed by atoms with van der Waals surface area (Å²) in [5.74, 6) is 0. The molecule has 62 valence electrons. The molecular formula is C6H13ClFNO. The Labute approximate surface area is 66.5 Å². The van der Waals surface area contributed by atoms with Crippen LogP contribution < -0.4 is 5.32 Å². The van der Waals surface area contributed by atoms with Crippen molar-refractivity contribution < 1.29 is 9.13 Å². The highest BCUT2D eigenvalue weighted by molar-refractivity contribution is 5.85. The van der Waals surface area contributed by atoms with E-state index in [1.54, 1.807) is 7.11 Å². The van der Waals surface area contributed by atoms with Crippen LogP contribution in [-0.4, -0.2) is 32.5 Å². The highest BCUT2D eigenvalue weighted by Gasteiger charge is 2.23. The minimum atomic E-state index is -0.816. The number of ether oxygens (including phenoxy) is 1. The first-order chi connectivity index (χ1) is 4.34. The highest BCUT2D eigenvalue weighted by atomic mass is 35.5. The molecule has 1 fully saturated rings. The molecule has 0 aromatic heterocycles. The molecule has 0 aliphatic carbocycles. The Morgan fingerprint density at radius 2 is 2.30 bits per heavy atom. The summed E-state index contributed by atoms with van der Waals surface area (Å²) in [4.78, 5) is 0. The van der Waals surface area contributed by atoms with Gasteiger partial charge in [0.05, 0.1) is 6.10 Å². The third-order valence-electron chi connectivity index (χ3n) is 1.65. The fraction of sp³-hybridized carbons (Fsp3) is 1.00. The minimum absolute atomic E-state index is 0. The zero-order valence-corrected chi connectivity index (χ0v) is 6.79. The molecule has 0 amide bonds. The number of piperidine rings is 1. The van der Waals surface area contributed by atoms with E-state index in [-0.39, 0.29) is 18.5 Å². The summed E-state index contributed by atoms with van der Waals surface area (Å²) in [6, 6.07) is 0. The third kappa shape index (κ3) is 2.40. The molecule has 0 aromatic carbocycles. The quantitative estimate of drug-likeness (QED) is 0.626. The normalized spacial score (nSPS) is 33.0. The van der Waals surface area contributed by atoms with Gasteiger partial charge in [-0.3, -0.25) is 0 Å². The second-order valence-electron chi connectivity index (χ2n) is 2.28. The van der Waals surface area contributed by atoms with E-state index in [0.29, 0.717) is 6.54 Å². The van der Waals surface area contributed by atoms with Crippen molar-refractivity contribution in [1.82, 2.24) is 5.32 Å². The molecule has 0 saturated carbocycles. The van der Waals surface area contributed by atoms with Crippen LogP contribution in [0.5, 0.6) is 0 Å². The monoisotopic (exact) mass is 169 g/mol. The van der Waals surface area contributed by atoms with Crippen molar-refractivity contribution in [2.45, 2.75) is 18.7 Å². The molecule has 1 aliphatic rings. The summed E-state index contributed by atoms with van der Waals surface area (Å²) in [5, 5.41) is 2.94. The van der Waals surface area contributed by atoms with E-state index in [1.165, 1.54) is 0 Å². The minimum Gasteiger partial charge on any atom is -0.378 e. The van der Waals surface area contributed by atoms with E-state index in [1.807, 2.05) is 0 Å². The van der Waals surface area contributed by atoms with Crippen LogP contribution >= 0.6 is 12.4 Å². The van der Waals surface area contributed by atoms with E-state index in [2.05, 4.69) is 5.32 Å². The molecule has 0 aromatic rings. The molecule has 0 radical (unpaired) electrons. The van der Waals surface area contributed by atoms with Crippen LogP contribution in [0, 0.1) is 0 Å². The van der Waals surface area contributed by atoms with Crippen LogP contribution in [0.15, 0.2) is 0 Å². The first-order valence-electron chi connectivity index (χ1n) is 3.22. The summed E-state index contributed by atoms with van der Waals surface area (Å²) in [6.45, 7) is 1.32. The number of methoxy groups -OCH3 is 1. The van der Waals surface area contributed by atoms with E-state index in [4.69, 9.17) is 4.74 Å². The second-order valence-corrected chi connectivity index (χ2v) is 2.28. The topological polar surface area (TPSA) is 21.3 Å². The standard InChI is InChI=1S/C6H12FNO.ClH/c1-9-6-2-3-8-4-5(6)7;/h5-6,8H,2-4H2,1H3;1H. The first-order valence-corrected chi connectivity index (χ1v) is 3.22. The van der Waals surface area contributed by atoms with Gasteiger partial charge < -0.3 is 10.1 Å². The number of alkyl halides is 1. The van der Waals surface area contributed by atoms with E-state index in [0.717, 1.165) is 13.0 Å². The lowest BCUT2D eigenvalue weighted by Crippen LogP contribution is -2.42. The Bertz CT molecular complexity index is 93.8. The Morgan fingerprint density at radius 3 is 2.70 bits per heavy atom. The van der Waals surface area contributed by atoms with Crippen LogP contribution in [0.4, 0.5) is 4.39 Å². The van der Waals surface area contributed by atoms with Crippen LogP contribution in [0.1, 0.15) is 6.42 Å². The SMILES string of the molecule is COC1CCNCC1F.Cl. The number of hydrogen-bond donors (Lipinski definition) is 1. The lowest BCUT2D eigenvalue weighted by atomic mass is 10.1. The molecule has 1 aliphatic heterocycles. The van der Waals surface area contributed by atoms with E-state index < -0.39 is 6.17 Å². The first kappa shape index (κ1) is 10.1. The molecule has 0 bridgehead atoms. The smallest absolute Gasteiger partial charge is 0.139 e. The Balaban J connectivity index is 0.000000810. The molecule has 1 saturated heterocycles. The lowest BCUT2D eigenvalue weighted by molar-refractivity contribution is 0.0132. The Kier molecular flexibility index (Phi) is 4.95. The van der Waals surface area contributed by atoms with Gasteiger partial charge in [-0.25, -0.2) is 4.39 Å². The molecule has 2 nitrogen and oxygen atoms in total. The summed E-state index contributed by atoms with van der Waals surface area (Å²) in [6.07, 6.45) is -0.201. The van der Waals surface area contributed by atoms with Gasteiger partial charge >= 0.3 is 0 Å². The van der Waals surface area contributed by atoms with Gasteiger partial charge in [0, 0.05) is 13.7 Å². The van der Waals surface area contributed by atoms with Crippen LogP contribution in [0.3, 0.4) is 0 Å². The fourth-order valence-corrected chi connectivity index (χ4v) is 1.06. The largest absolute Gasteiger partial charge is 0.378 e. The summed E-state index contributed by atoms with van der Waals surface area (Å²) >= 11 is 0. The molecule has 1 N–H and O–H groups in total. The molecule has 1 rings (SSSR count). The van der Waals surface area contributed by atoms with Crippen LogP contribution in [0.2, 0.25) is 0 Å². The Hall–Kier alpha value is 0.140. The average molecular weight is 170 g/mol. The maximum Gasteiger partial charge on any atom is 0.139 e. The zero-order valence-electron chi connectivity index (χ0n) is 5.97. The highest BCUT2D eigenvalue weighted by Crippen LogP contribution is 2.09. The molecule has 2 atom stereocenters. The van der Waals surface area contributed by atoms with Crippen molar-refractivity contribution in [2.75, 3.05) is 20.2 Å². The van der Waals surface area contributed by atoms with Gasteiger partial charge in [0.25, 0.3) is 0 Å². The Morgan fingerprint density at radius 1 is 1.60 bits per heavy atom. The predicted molar refractivity (Wildman–Crippen MR) is 40.4 cm³/mol. The predicted octanol–water partition coefficient (Wildman–Crippen LogP) is 0.755. The summed E-state index contributed by atoms with van der Waals surface area (Å²) in [5.41, 5.74) is 0. The summed E-state index contributed by atoms with van der Waals surface area (Å²) in [7, 11) is 1.56. The van der Waals surface area contributed by atoms with Gasteiger partial charge in [0.1, 0.15) is 6.17 Å².